The van der Waals surface area contributed by atoms with Crippen molar-refractivity contribution in [2.24, 2.45) is 0 Å². The van der Waals surface area contributed by atoms with Crippen LogP contribution in [0.25, 0.3) is 11.1 Å². The Hall–Kier alpha value is -2.84. The van der Waals surface area contributed by atoms with Crippen molar-refractivity contribution in [1.82, 2.24) is 0 Å². The molecule has 0 amide bonds. The number of sulfonamides is 1. The van der Waals surface area contributed by atoms with Gasteiger partial charge in [-0.05, 0) is 41.6 Å². The minimum Gasteiger partial charge on any atom is -0.493 e. The van der Waals surface area contributed by atoms with E-state index in [1.165, 1.54) is 17.5 Å². The summed E-state index contributed by atoms with van der Waals surface area (Å²) in [6.45, 7) is 2.57. The largest absolute Gasteiger partial charge is 0.493 e. The molecule has 3 rings (SSSR count). The number of carboxylic acid groups (broad SMARTS) is 1. The van der Waals surface area contributed by atoms with E-state index in [1.807, 2.05) is 31.2 Å². The van der Waals surface area contributed by atoms with E-state index in [4.69, 9.17) is 4.74 Å². The summed E-state index contributed by atoms with van der Waals surface area (Å²) in [7, 11) is -3.95. The maximum Gasteiger partial charge on any atom is 0.348 e. The maximum absolute atomic E-state index is 12.8. The fraction of sp³-hybridized carbons (Fsp3) is 0.150. The van der Waals surface area contributed by atoms with Gasteiger partial charge < -0.3 is 9.84 Å². The lowest BCUT2D eigenvalue weighted by Crippen LogP contribution is -2.14. The lowest BCUT2D eigenvalue weighted by atomic mass is 10.0. The highest BCUT2D eigenvalue weighted by Gasteiger charge is 2.20. The maximum atomic E-state index is 12.8. The summed E-state index contributed by atoms with van der Waals surface area (Å²) < 4.78 is 33.7. The zero-order chi connectivity index (χ0) is 20.1. The Morgan fingerprint density at radius 1 is 1.14 bits per heavy atom. The first-order valence-corrected chi connectivity index (χ1v) is 10.9. The van der Waals surface area contributed by atoms with Gasteiger partial charge in [0.25, 0.3) is 10.0 Å². The molecular formula is C20H19NO5S2. The zero-order valence-electron chi connectivity index (χ0n) is 15.1. The molecule has 0 saturated heterocycles. The number of anilines is 1. The molecule has 0 radical (unpaired) electrons. The van der Waals surface area contributed by atoms with Crippen molar-refractivity contribution < 1.29 is 23.1 Å². The number of para-hydroxylation sites is 1. The van der Waals surface area contributed by atoms with Gasteiger partial charge in [-0.2, -0.15) is 0 Å². The quantitative estimate of drug-likeness (QED) is 0.554. The third-order valence-corrected chi connectivity index (χ3v) is 6.17. The fourth-order valence-electron chi connectivity index (χ4n) is 2.63. The number of hydrogen-bond donors (Lipinski definition) is 2. The molecule has 0 atom stereocenters. The zero-order valence-corrected chi connectivity index (χ0v) is 16.7. The highest BCUT2D eigenvalue weighted by atomic mass is 32.2. The first kappa shape index (κ1) is 19.9. The molecule has 0 aliphatic heterocycles. The molecule has 0 aliphatic carbocycles. The molecule has 8 heteroatoms. The molecule has 2 aromatic carbocycles. The van der Waals surface area contributed by atoms with Crippen molar-refractivity contribution in [3.05, 3.63) is 64.9 Å². The van der Waals surface area contributed by atoms with Crippen LogP contribution in [-0.2, 0) is 10.0 Å². The van der Waals surface area contributed by atoms with Gasteiger partial charge in [-0.1, -0.05) is 37.3 Å². The van der Waals surface area contributed by atoms with Crippen LogP contribution in [0.2, 0.25) is 0 Å². The molecule has 1 aromatic heterocycles. The first-order valence-electron chi connectivity index (χ1n) is 8.58. The molecule has 0 aliphatic rings. The Balaban J connectivity index is 1.95. The molecule has 2 N–H and O–H groups in total. The molecule has 1 heterocycles. The molecule has 0 bridgehead atoms. The van der Waals surface area contributed by atoms with E-state index < -0.39 is 16.0 Å². The topological polar surface area (TPSA) is 92.7 Å². The van der Waals surface area contributed by atoms with E-state index in [2.05, 4.69) is 4.72 Å². The Morgan fingerprint density at radius 3 is 2.68 bits per heavy atom. The summed E-state index contributed by atoms with van der Waals surface area (Å²) >= 11 is 0.960. The van der Waals surface area contributed by atoms with Crippen LogP contribution in [0.15, 0.2) is 64.9 Å². The molecule has 0 spiro atoms. The normalized spacial score (nSPS) is 11.2. The Labute approximate surface area is 167 Å². The summed E-state index contributed by atoms with van der Waals surface area (Å²) in [6.07, 6.45) is 0.860. The average molecular weight is 418 g/mol. The number of hydrogen-bond acceptors (Lipinski definition) is 5. The lowest BCUT2D eigenvalue weighted by Gasteiger charge is -2.13. The van der Waals surface area contributed by atoms with Crippen LogP contribution in [0.1, 0.15) is 23.0 Å². The van der Waals surface area contributed by atoms with Crippen LogP contribution in [-0.4, -0.2) is 26.1 Å². The monoisotopic (exact) mass is 417 g/mol. The lowest BCUT2D eigenvalue weighted by molar-refractivity contribution is 0.0703. The molecule has 0 unspecified atom stereocenters. The second-order valence-electron chi connectivity index (χ2n) is 5.95. The van der Waals surface area contributed by atoms with Gasteiger partial charge in [0.15, 0.2) is 0 Å². The Morgan fingerprint density at radius 2 is 1.93 bits per heavy atom. The molecule has 0 fully saturated rings. The van der Waals surface area contributed by atoms with Crippen molar-refractivity contribution in [2.45, 2.75) is 18.2 Å². The summed E-state index contributed by atoms with van der Waals surface area (Å²) in [6, 6.07) is 15.3. The van der Waals surface area contributed by atoms with E-state index in [-0.39, 0.29) is 15.5 Å². The first-order chi connectivity index (χ1) is 13.4. The second-order valence-corrected chi connectivity index (χ2v) is 8.55. The summed E-state index contributed by atoms with van der Waals surface area (Å²) in [5.41, 5.74) is 1.53. The summed E-state index contributed by atoms with van der Waals surface area (Å²) in [4.78, 5) is 11.2. The van der Waals surface area contributed by atoms with E-state index in [0.29, 0.717) is 17.9 Å². The van der Waals surface area contributed by atoms with Crippen molar-refractivity contribution in [3.63, 3.8) is 0 Å². The molecular weight excluding hydrogens is 398 g/mol. The van der Waals surface area contributed by atoms with Gasteiger partial charge in [-0.15, -0.1) is 11.3 Å². The highest BCUT2D eigenvalue weighted by molar-refractivity contribution is 7.92. The third kappa shape index (κ3) is 4.35. The smallest absolute Gasteiger partial charge is 0.348 e. The van der Waals surface area contributed by atoms with Crippen molar-refractivity contribution in [3.8, 4) is 16.9 Å². The number of aromatic carboxylic acids is 1. The molecule has 146 valence electrons. The average Bonchev–Trinajstić information content (AvgIpc) is 3.14. The summed E-state index contributed by atoms with van der Waals surface area (Å²) in [5, 5.41) is 10.7. The number of nitrogens with one attached hydrogen (secondary N) is 1. The van der Waals surface area contributed by atoms with E-state index >= 15 is 0 Å². The van der Waals surface area contributed by atoms with Gasteiger partial charge in [-0.25, -0.2) is 13.2 Å². The molecule has 0 saturated carbocycles. The van der Waals surface area contributed by atoms with Crippen LogP contribution in [0, 0.1) is 0 Å². The van der Waals surface area contributed by atoms with Gasteiger partial charge >= 0.3 is 5.97 Å². The van der Waals surface area contributed by atoms with Crippen LogP contribution in [0.4, 0.5) is 5.69 Å². The number of carboxylic acids is 1. The number of ether oxygens (including phenoxy) is 1. The summed E-state index contributed by atoms with van der Waals surface area (Å²) in [5.74, 6) is -0.499. The standard InChI is InChI=1S/C20H19NO5S2/c1-2-11-26-18-9-4-3-8-16(18)14-6-5-7-15(13-14)28(24,25)21-17-10-12-27-19(17)20(22)23/h3-10,12-13,21H,2,11H2,1H3,(H,22,23). The Kier molecular flexibility index (Phi) is 6.01. The van der Waals surface area contributed by atoms with Gasteiger partial charge in [0.2, 0.25) is 0 Å². The van der Waals surface area contributed by atoms with Crippen LogP contribution in [0.3, 0.4) is 0 Å². The van der Waals surface area contributed by atoms with Crippen molar-refractivity contribution in [1.29, 1.82) is 0 Å². The number of benzene rings is 2. The van der Waals surface area contributed by atoms with Crippen molar-refractivity contribution >= 4 is 33.0 Å². The number of thiophene rings is 1. The number of rotatable bonds is 8. The van der Waals surface area contributed by atoms with E-state index in [1.54, 1.807) is 18.2 Å². The van der Waals surface area contributed by atoms with Crippen molar-refractivity contribution in [2.75, 3.05) is 11.3 Å². The highest BCUT2D eigenvalue weighted by Crippen LogP contribution is 2.32. The van der Waals surface area contributed by atoms with Gasteiger partial charge in [0.1, 0.15) is 10.6 Å². The van der Waals surface area contributed by atoms with E-state index in [9.17, 15) is 18.3 Å². The predicted octanol–water partition coefficient (Wildman–Crippen LogP) is 4.70. The SMILES string of the molecule is CCCOc1ccccc1-c1cccc(S(=O)(=O)Nc2ccsc2C(=O)O)c1. The third-order valence-electron chi connectivity index (χ3n) is 3.91. The van der Waals surface area contributed by atoms with E-state index in [0.717, 1.165) is 23.3 Å². The minimum atomic E-state index is -3.95. The van der Waals surface area contributed by atoms with Crippen LogP contribution in [0.5, 0.6) is 5.75 Å². The second kappa shape index (κ2) is 8.45. The minimum absolute atomic E-state index is 0.0397. The van der Waals surface area contributed by atoms with Gasteiger partial charge in [-0.3, -0.25) is 4.72 Å². The fourth-order valence-corrected chi connectivity index (χ4v) is 4.50. The molecule has 6 nitrogen and oxygen atoms in total. The number of carbonyl (C=O) groups is 1. The molecule has 3 aromatic rings. The Bertz CT molecular complexity index is 1090. The van der Waals surface area contributed by atoms with Gasteiger partial charge in [0, 0.05) is 5.56 Å². The van der Waals surface area contributed by atoms with Gasteiger partial charge in [0.05, 0.1) is 17.2 Å². The predicted molar refractivity (Wildman–Crippen MR) is 110 cm³/mol. The van der Waals surface area contributed by atoms with Crippen LogP contribution >= 0.6 is 11.3 Å². The molecule has 28 heavy (non-hydrogen) atoms. The van der Waals surface area contributed by atoms with Crippen LogP contribution < -0.4 is 9.46 Å².